The van der Waals surface area contributed by atoms with Crippen LogP contribution in [0.25, 0.3) is 0 Å². The largest absolute Gasteiger partial charge is 0.478 e. The van der Waals surface area contributed by atoms with Crippen molar-refractivity contribution in [3.63, 3.8) is 0 Å². The van der Waals surface area contributed by atoms with Gasteiger partial charge < -0.3 is 26.7 Å². The van der Waals surface area contributed by atoms with Crippen LogP contribution in [0.4, 0.5) is 10.9 Å². The minimum atomic E-state index is -4.94. The van der Waals surface area contributed by atoms with E-state index in [2.05, 4.69) is 20.6 Å². The van der Waals surface area contributed by atoms with E-state index in [1.54, 1.807) is 0 Å². The van der Waals surface area contributed by atoms with E-state index in [1.807, 2.05) is 0 Å². The molecule has 0 unspecified atom stereocenters. The fourth-order valence-electron chi connectivity index (χ4n) is 2.82. The van der Waals surface area contributed by atoms with Crippen molar-refractivity contribution in [1.82, 2.24) is 24.4 Å². The predicted octanol–water partition coefficient (Wildman–Crippen LogP) is -1.71. The maximum Gasteiger partial charge on any atom is 0.362 e. The van der Waals surface area contributed by atoms with E-state index >= 15 is 0 Å². The van der Waals surface area contributed by atoms with E-state index in [1.165, 1.54) is 36.2 Å². The van der Waals surface area contributed by atoms with Gasteiger partial charge in [-0.2, -0.15) is 13.5 Å². The molecule has 2 amide bonds. The fraction of sp³-hybridized carbons (Fsp3) is 0.375. The van der Waals surface area contributed by atoms with Gasteiger partial charge in [0.15, 0.2) is 10.8 Å². The molecule has 0 radical (unpaired) electrons. The van der Waals surface area contributed by atoms with E-state index in [0.29, 0.717) is 0 Å². The van der Waals surface area contributed by atoms with E-state index in [9.17, 15) is 32.5 Å². The molecule has 2 aromatic rings. The highest BCUT2D eigenvalue weighted by atomic mass is 32.2. The van der Waals surface area contributed by atoms with Gasteiger partial charge in [-0.25, -0.2) is 14.1 Å². The van der Waals surface area contributed by atoms with Crippen LogP contribution in [0.3, 0.4) is 0 Å². The molecule has 2 atom stereocenters. The molecule has 18 heteroatoms. The van der Waals surface area contributed by atoms with E-state index in [4.69, 9.17) is 16.3 Å². The number of nitrogens with one attached hydrogen (secondary N) is 1. The third-order valence-corrected chi connectivity index (χ3v) is 6.22. The van der Waals surface area contributed by atoms with Crippen molar-refractivity contribution in [2.24, 2.45) is 5.16 Å². The number of carboxylic acid groups (broad SMARTS) is 1. The number of aromatic nitrogens is 3. The van der Waals surface area contributed by atoms with Crippen molar-refractivity contribution in [3.8, 4) is 0 Å². The number of carbonyl (C=O) groups is 3. The van der Waals surface area contributed by atoms with Gasteiger partial charge in [0.25, 0.3) is 11.8 Å². The van der Waals surface area contributed by atoms with Gasteiger partial charge in [0, 0.05) is 11.6 Å². The summed E-state index contributed by atoms with van der Waals surface area (Å²) in [6.07, 6.45) is 1.41. The molecule has 184 valence electrons. The Morgan fingerprint density at radius 2 is 2.06 bits per heavy atom. The number of hydrogen-bond acceptors (Lipinski definition) is 12. The van der Waals surface area contributed by atoms with Crippen LogP contribution in [0.15, 0.2) is 22.8 Å². The molecule has 0 spiro atoms. The maximum atomic E-state index is 13.0. The van der Waals surface area contributed by atoms with Crippen molar-refractivity contribution in [3.05, 3.63) is 23.3 Å². The van der Waals surface area contributed by atoms with Gasteiger partial charge in [-0.05, 0) is 19.9 Å². The normalized spacial score (nSPS) is 19.0. The Kier molecular flexibility index (Phi) is 6.49. The molecule has 3 heterocycles. The average Bonchev–Trinajstić information content (AvgIpc) is 3.32. The minimum Gasteiger partial charge on any atom is -0.478 e. The van der Waals surface area contributed by atoms with Crippen molar-refractivity contribution < 1.29 is 37.3 Å². The summed E-state index contributed by atoms with van der Waals surface area (Å²) < 4.78 is 34.2. The first-order valence-electron chi connectivity index (χ1n) is 9.32. The van der Waals surface area contributed by atoms with Gasteiger partial charge in [0.1, 0.15) is 17.6 Å². The van der Waals surface area contributed by atoms with Crippen molar-refractivity contribution in [2.75, 3.05) is 11.5 Å². The number of rotatable bonds is 9. The maximum absolute atomic E-state index is 13.0. The number of nitrogen functional groups attached to an aromatic ring is 2. The number of aliphatic carboxylic acids is 1. The molecule has 1 aliphatic heterocycles. The summed E-state index contributed by atoms with van der Waals surface area (Å²) in [5, 5.41) is 20.4. The lowest BCUT2D eigenvalue weighted by molar-refractivity contribution is -0.161. The summed E-state index contributed by atoms with van der Waals surface area (Å²) in [6.45, 7) is 2.14. The number of carboxylic acids is 1. The van der Waals surface area contributed by atoms with Gasteiger partial charge in [0.2, 0.25) is 5.60 Å². The molecule has 7 N–H and O–H groups in total. The van der Waals surface area contributed by atoms with Gasteiger partial charge in [-0.15, -0.1) is 11.3 Å². The number of hydrogen-bond donors (Lipinski definition) is 5. The number of β-lactam (4-membered cyclic amide) rings is 1. The standard InChI is InChI=1S/C16H20N8O8S2/c1-16(2,14(27)28)32-22-10(7-6-33-15(18)19-7)12(25)20-11-8(5-23-4-3-9(17)21-23)24(13(11)26)34(29,30)31/h3-4,6,8,11H,5H2,1-2H3,(H2,17,21)(H2,18,19)(H,20,25)(H,27,28)(H,29,30,31)/t8-,11+/m1/s1. The topological polar surface area (TPSA) is 245 Å². The van der Waals surface area contributed by atoms with Crippen LogP contribution >= 0.6 is 11.3 Å². The van der Waals surface area contributed by atoms with Crippen LogP contribution < -0.4 is 16.8 Å². The molecule has 3 rings (SSSR count). The highest BCUT2D eigenvalue weighted by molar-refractivity contribution is 7.84. The van der Waals surface area contributed by atoms with Crippen LogP contribution in [-0.4, -0.2) is 78.3 Å². The van der Waals surface area contributed by atoms with Crippen LogP contribution in [0.2, 0.25) is 0 Å². The zero-order chi connectivity index (χ0) is 25.4. The lowest BCUT2D eigenvalue weighted by Crippen LogP contribution is -2.73. The van der Waals surface area contributed by atoms with Crippen LogP contribution in [0.5, 0.6) is 0 Å². The Morgan fingerprint density at radius 1 is 1.38 bits per heavy atom. The zero-order valence-electron chi connectivity index (χ0n) is 17.6. The molecule has 0 saturated carbocycles. The van der Waals surface area contributed by atoms with Gasteiger partial charge in [-0.3, -0.25) is 18.8 Å². The Bertz CT molecular complexity index is 1270. The molecular formula is C16H20N8O8S2. The Balaban J connectivity index is 1.89. The number of nitrogens with zero attached hydrogens (tertiary/aromatic N) is 5. The highest BCUT2D eigenvalue weighted by Crippen LogP contribution is 2.25. The monoisotopic (exact) mass is 516 g/mol. The van der Waals surface area contributed by atoms with E-state index < -0.39 is 51.5 Å². The quantitative estimate of drug-likeness (QED) is 0.108. The molecule has 0 aliphatic carbocycles. The number of anilines is 2. The lowest BCUT2D eigenvalue weighted by Gasteiger charge is -2.44. The average molecular weight is 517 g/mol. The minimum absolute atomic E-state index is 0.0689. The second-order valence-corrected chi connectivity index (χ2v) is 9.69. The van der Waals surface area contributed by atoms with Crippen molar-refractivity contribution in [2.45, 2.75) is 38.1 Å². The fourth-order valence-corrected chi connectivity index (χ4v) is 4.24. The van der Waals surface area contributed by atoms with Crippen molar-refractivity contribution in [1.29, 1.82) is 0 Å². The SMILES string of the molecule is CC(C)(ON=C(C(=O)N[C@@H]1C(=O)N(S(=O)(=O)O)[C@@H]1Cn1ccc(N)n1)c1csc(N)n1)C(=O)O. The number of nitrogens with two attached hydrogens (primary N) is 2. The lowest BCUT2D eigenvalue weighted by atomic mass is 9.98. The first kappa shape index (κ1) is 24.9. The number of thiazole rings is 1. The molecule has 16 nitrogen and oxygen atoms in total. The highest BCUT2D eigenvalue weighted by Gasteiger charge is 2.54. The molecule has 2 aromatic heterocycles. The molecule has 34 heavy (non-hydrogen) atoms. The number of oxime groups is 1. The molecule has 1 fully saturated rings. The van der Waals surface area contributed by atoms with Crippen molar-refractivity contribution >= 4 is 56.1 Å². The van der Waals surface area contributed by atoms with Crippen LogP contribution in [0, 0.1) is 0 Å². The summed E-state index contributed by atoms with van der Waals surface area (Å²) in [5.74, 6) is -3.40. The smallest absolute Gasteiger partial charge is 0.362 e. The van der Waals surface area contributed by atoms with Gasteiger partial charge in [0.05, 0.1) is 12.6 Å². The second-order valence-electron chi connectivity index (χ2n) is 7.51. The number of amides is 2. The summed E-state index contributed by atoms with van der Waals surface area (Å²) in [4.78, 5) is 45.6. The molecule has 1 saturated heterocycles. The van der Waals surface area contributed by atoms with Gasteiger partial charge >= 0.3 is 16.3 Å². The summed E-state index contributed by atoms with van der Waals surface area (Å²) in [6, 6.07) is -1.26. The van der Waals surface area contributed by atoms with Crippen LogP contribution in [0.1, 0.15) is 19.5 Å². The zero-order valence-corrected chi connectivity index (χ0v) is 19.3. The predicted molar refractivity (Wildman–Crippen MR) is 117 cm³/mol. The first-order valence-corrected chi connectivity index (χ1v) is 11.6. The van der Waals surface area contributed by atoms with E-state index in [-0.39, 0.29) is 27.5 Å². The Hall–Kier alpha value is -3.77. The molecule has 0 bridgehead atoms. The molecule has 1 aliphatic rings. The van der Waals surface area contributed by atoms with Crippen LogP contribution in [-0.2, 0) is 36.1 Å². The summed E-state index contributed by atoms with van der Waals surface area (Å²) in [5.41, 5.74) is 8.73. The Labute approximate surface area is 196 Å². The summed E-state index contributed by atoms with van der Waals surface area (Å²) >= 11 is 0.960. The number of carbonyl (C=O) groups excluding carboxylic acids is 2. The Morgan fingerprint density at radius 3 is 2.56 bits per heavy atom. The third kappa shape index (κ3) is 5.07. The third-order valence-electron chi connectivity index (χ3n) is 4.60. The van der Waals surface area contributed by atoms with Gasteiger partial charge in [-0.1, -0.05) is 5.16 Å². The summed E-state index contributed by atoms with van der Waals surface area (Å²) in [7, 11) is -4.94. The van der Waals surface area contributed by atoms with E-state index in [0.717, 1.165) is 11.3 Å². The first-order chi connectivity index (χ1) is 15.7. The molecular weight excluding hydrogens is 496 g/mol. The molecule has 0 aromatic carbocycles. The second kappa shape index (κ2) is 8.88.